The van der Waals surface area contributed by atoms with Gasteiger partial charge in [0.2, 0.25) is 0 Å². The number of esters is 1. The van der Waals surface area contributed by atoms with Crippen LogP contribution in [-0.4, -0.2) is 25.8 Å². The number of halogens is 1. The zero-order valence-corrected chi connectivity index (χ0v) is 20.5. The molecule has 3 aromatic rings. The van der Waals surface area contributed by atoms with Gasteiger partial charge in [-0.3, -0.25) is 4.79 Å². The summed E-state index contributed by atoms with van der Waals surface area (Å²) in [4.78, 5) is 11.6. The fourth-order valence-electron chi connectivity index (χ4n) is 3.46. The molecule has 0 spiro atoms. The van der Waals surface area contributed by atoms with Gasteiger partial charge in [-0.1, -0.05) is 42.8 Å². The summed E-state index contributed by atoms with van der Waals surface area (Å²) in [5, 5.41) is 0.582. The van der Waals surface area contributed by atoms with Gasteiger partial charge in [0.25, 0.3) is 0 Å². The highest BCUT2D eigenvalue weighted by Gasteiger charge is 2.09. The molecule has 3 aromatic carbocycles. The van der Waals surface area contributed by atoms with E-state index in [4.69, 9.17) is 30.5 Å². The second-order valence-electron chi connectivity index (χ2n) is 7.65. The van der Waals surface area contributed by atoms with Crippen LogP contribution in [0.3, 0.4) is 0 Å². The lowest BCUT2D eigenvalue weighted by Crippen LogP contribution is -2.07. The standard InChI is InChI=1S/C28H31ClO5/c1-3-21-19-25(14-11-22(21)12-16-28(30)31-4-2)32-17-8-18-33-26-15-13-23(29)20-27(26)34-24-9-6-5-7-10-24/h5-7,9-11,13-15,19-20H,3-4,8,12,16-18H2,1-2H3. The lowest BCUT2D eigenvalue weighted by Gasteiger charge is -2.14. The molecule has 0 aliphatic carbocycles. The summed E-state index contributed by atoms with van der Waals surface area (Å²) >= 11 is 6.14. The van der Waals surface area contributed by atoms with Crippen molar-refractivity contribution in [3.8, 4) is 23.0 Å². The van der Waals surface area contributed by atoms with E-state index >= 15 is 0 Å². The van der Waals surface area contributed by atoms with Crippen LogP contribution in [0.2, 0.25) is 5.02 Å². The number of hydrogen-bond donors (Lipinski definition) is 0. The molecule has 0 atom stereocenters. The smallest absolute Gasteiger partial charge is 0.306 e. The molecule has 0 radical (unpaired) electrons. The molecule has 0 unspecified atom stereocenters. The third-order valence-corrected chi connectivity index (χ3v) is 5.39. The Hall–Kier alpha value is -3.18. The molecule has 6 heteroatoms. The highest BCUT2D eigenvalue weighted by Crippen LogP contribution is 2.34. The van der Waals surface area contributed by atoms with E-state index < -0.39 is 0 Å². The van der Waals surface area contributed by atoms with Crippen LogP contribution in [0.15, 0.2) is 66.7 Å². The third-order valence-electron chi connectivity index (χ3n) is 5.15. The molecule has 0 bridgehead atoms. The number of aryl methyl sites for hydroxylation is 2. The average molecular weight is 483 g/mol. The van der Waals surface area contributed by atoms with Gasteiger partial charge in [-0.05, 0) is 67.3 Å². The van der Waals surface area contributed by atoms with Gasteiger partial charge in [-0.15, -0.1) is 0 Å². The number of hydrogen-bond acceptors (Lipinski definition) is 5. The molecule has 0 heterocycles. The first-order valence-corrected chi connectivity index (χ1v) is 12.0. The Labute approximate surface area is 206 Å². The minimum absolute atomic E-state index is 0.164. The quantitative estimate of drug-likeness (QED) is 0.193. The minimum atomic E-state index is -0.164. The van der Waals surface area contributed by atoms with E-state index in [9.17, 15) is 4.79 Å². The molecule has 180 valence electrons. The zero-order chi connectivity index (χ0) is 24.2. The number of benzene rings is 3. The van der Waals surface area contributed by atoms with Crippen LogP contribution in [0.5, 0.6) is 23.0 Å². The Bertz CT molecular complexity index is 1050. The van der Waals surface area contributed by atoms with Crippen LogP contribution in [0.1, 0.15) is 37.8 Å². The Morgan fingerprint density at radius 3 is 2.38 bits per heavy atom. The van der Waals surface area contributed by atoms with Crippen LogP contribution in [0.25, 0.3) is 0 Å². The highest BCUT2D eigenvalue weighted by molar-refractivity contribution is 6.30. The Morgan fingerprint density at radius 2 is 1.62 bits per heavy atom. The van der Waals surface area contributed by atoms with Crippen molar-refractivity contribution in [1.29, 1.82) is 0 Å². The topological polar surface area (TPSA) is 54.0 Å². The minimum Gasteiger partial charge on any atom is -0.493 e. The van der Waals surface area contributed by atoms with Gasteiger partial charge in [0.05, 0.1) is 19.8 Å². The fourth-order valence-corrected chi connectivity index (χ4v) is 3.62. The average Bonchev–Trinajstić information content (AvgIpc) is 2.85. The molecular formula is C28H31ClO5. The van der Waals surface area contributed by atoms with Gasteiger partial charge in [-0.25, -0.2) is 0 Å². The molecule has 0 aliphatic rings. The van der Waals surface area contributed by atoms with Gasteiger partial charge in [0, 0.05) is 23.9 Å². The first-order valence-electron chi connectivity index (χ1n) is 11.6. The van der Waals surface area contributed by atoms with Crippen LogP contribution < -0.4 is 14.2 Å². The predicted octanol–water partition coefficient (Wildman–Crippen LogP) is 7.04. The van der Waals surface area contributed by atoms with Crippen molar-refractivity contribution in [3.63, 3.8) is 0 Å². The molecule has 5 nitrogen and oxygen atoms in total. The van der Waals surface area contributed by atoms with Crippen LogP contribution in [0.4, 0.5) is 0 Å². The van der Waals surface area contributed by atoms with Crippen molar-refractivity contribution in [3.05, 3.63) is 82.9 Å². The highest BCUT2D eigenvalue weighted by atomic mass is 35.5. The summed E-state index contributed by atoms with van der Waals surface area (Å²) in [6.07, 6.45) is 2.64. The number of carbonyl (C=O) groups is 1. The third kappa shape index (κ3) is 7.99. The van der Waals surface area contributed by atoms with Crippen LogP contribution >= 0.6 is 11.6 Å². The summed E-state index contributed by atoms with van der Waals surface area (Å²) in [7, 11) is 0. The van der Waals surface area contributed by atoms with Crippen molar-refractivity contribution in [2.75, 3.05) is 19.8 Å². The second-order valence-corrected chi connectivity index (χ2v) is 8.08. The molecule has 0 amide bonds. The second kappa shape index (κ2) is 13.5. The van der Waals surface area contributed by atoms with E-state index in [1.54, 1.807) is 12.1 Å². The Balaban J connectivity index is 1.48. The maximum Gasteiger partial charge on any atom is 0.306 e. The maximum absolute atomic E-state index is 11.6. The predicted molar refractivity (Wildman–Crippen MR) is 134 cm³/mol. The molecular weight excluding hydrogens is 452 g/mol. The summed E-state index contributed by atoms with van der Waals surface area (Å²) in [6, 6.07) is 20.9. The summed E-state index contributed by atoms with van der Waals surface area (Å²) < 4.78 is 22.8. The lowest BCUT2D eigenvalue weighted by atomic mass is 10.0. The van der Waals surface area contributed by atoms with Gasteiger partial charge in [0.1, 0.15) is 11.5 Å². The number of rotatable bonds is 13. The van der Waals surface area contributed by atoms with E-state index in [0.717, 1.165) is 23.5 Å². The van der Waals surface area contributed by atoms with Gasteiger partial charge in [-0.2, -0.15) is 0 Å². The normalized spacial score (nSPS) is 10.6. The summed E-state index contributed by atoms with van der Waals surface area (Å²) in [6.45, 7) is 5.33. The first kappa shape index (κ1) is 25.4. The molecule has 0 saturated heterocycles. The molecule has 0 aromatic heterocycles. The van der Waals surface area contributed by atoms with Crippen molar-refractivity contribution in [2.24, 2.45) is 0 Å². The molecule has 3 rings (SSSR count). The maximum atomic E-state index is 11.6. The molecule has 0 saturated carbocycles. The van der Waals surface area contributed by atoms with E-state index in [1.165, 1.54) is 5.56 Å². The van der Waals surface area contributed by atoms with Crippen molar-refractivity contribution in [2.45, 2.75) is 39.5 Å². The summed E-state index contributed by atoms with van der Waals surface area (Å²) in [5.74, 6) is 2.58. The Morgan fingerprint density at radius 1 is 0.824 bits per heavy atom. The van der Waals surface area contributed by atoms with E-state index in [0.29, 0.717) is 55.6 Å². The first-order chi connectivity index (χ1) is 16.6. The van der Waals surface area contributed by atoms with Crippen molar-refractivity contribution < 1.29 is 23.7 Å². The molecule has 0 N–H and O–H groups in total. The number of ether oxygens (including phenoxy) is 4. The number of para-hydroxylation sites is 1. The van der Waals surface area contributed by atoms with Crippen LogP contribution in [0, 0.1) is 0 Å². The lowest BCUT2D eigenvalue weighted by molar-refractivity contribution is -0.143. The fraction of sp³-hybridized carbons (Fsp3) is 0.321. The SMILES string of the molecule is CCOC(=O)CCc1ccc(OCCCOc2ccc(Cl)cc2Oc2ccccc2)cc1CC. The largest absolute Gasteiger partial charge is 0.493 e. The van der Waals surface area contributed by atoms with E-state index in [-0.39, 0.29) is 5.97 Å². The van der Waals surface area contributed by atoms with Crippen LogP contribution in [-0.2, 0) is 22.4 Å². The van der Waals surface area contributed by atoms with Gasteiger partial charge >= 0.3 is 5.97 Å². The van der Waals surface area contributed by atoms with Gasteiger partial charge < -0.3 is 18.9 Å². The van der Waals surface area contributed by atoms with Gasteiger partial charge in [0.15, 0.2) is 11.5 Å². The zero-order valence-electron chi connectivity index (χ0n) is 19.7. The molecule has 0 fully saturated rings. The molecule has 34 heavy (non-hydrogen) atoms. The monoisotopic (exact) mass is 482 g/mol. The van der Waals surface area contributed by atoms with E-state index in [2.05, 4.69) is 6.92 Å². The molecule has 0 aliphatic heterocycles. The van der Waals surface area contributed by atoms with Crippen molar-refractivity contribution in [1.82, 2.24) is 0 Å². The summed E-state index contributed by atoms with van der Waals surface area (Å²) in [5.41, 5.74) is 2.34. The Kier molecular flexibility index (Phi) is 10.1. The number of carbonyl (C=O) groups excluding carboxylic acids is 1. The van der Waals surface area contributed by atoms with Crippen molar-refractivity contribution >= 4 is 17.6 Å². The van der Waals surface area contributed by atoms with E-state index in [1.807, 2.05) is 61.5 Å².